The van der Waals surface area contributed by atoms with Crippen molar-refractivity contribution in [3.8, 4) is 0 Å². The molecule has 3 fully saturated rings. The summed E-state index contributed by atoms with van der Waals surface area (Å²) < 4.78 is 32.6. The Bertz CT molecular complexity index is 977. The van der Waals surface area contributed by atoms with E-state index in [0.717, 1.165) is 24.8 Å². The van der Waals surface area contributed by atoms with Crippen LogP contribution in [0.2, 0.25) is 0 Å². The molecule has 2 aliphatic carbocycles. The molecule has 1 spiro atoms. The van der Waals surface area contributed by atoms with Crippen LogP contribution in [0.5, 0.6) is 0 Å². The highest BCUT2D eigenvalue weighted by Crippen LogP contribution is 2.70. The second-order valence-electron chi connectivity index (χ2n) is 10.1. The van der Waals surface area contributed by atoms with Gasteiger partial charge in [0.25, 0.3) is 0 Å². The highest BCUT2D eigenvalue weighted by molar-refractivity contribution is 7.90. The fourth-order valence-electron chi connectivity index (χ4n) is 6.19. The van der Waals surface area contributed by atoms with E-state index in [1.807, 2.05) is 30.3 Å². The lowest BCUT2D eigenvalue weighted by Crippen LogP contribution is -2.47. The van der Waals surface area contributed by atoms with E-state index in [0.29, 0.717) is 5.92 Å². The number of sulfonamides is 1. The molecule has 8 heteroatoms. The van der Waals surface area contributed by atoms with Crippen LogP contribution in [0, 0.1) is 22.7 Å². The first-order chi connectivity index (χ1) is 14.5. The Morgan fingerprint density at radius 2 is 1.94 bits per heavy atom. The topological polar surface area (TPSA) is 84.0 Å². The van der Waals surface area contributed by atoms with Crippen molar-refractivity contribution in [2.45, 2.75) is 52.7 Å². The first-order valence-corrected chi connectivity index (χ1v) is 12.6. The summed E-state index contributed by atoms with van der Waals surface area (Å²) >= 11 is 0. The Morgan fingerprint density at radius 1 is 1.26 bits per heavy atom. The predicted molar refractivity (Wildman–Crippen MR) is 116 cm³/mol. The van der Waals surface area contributed by atoms with Crippen molar-refractivity contribution in [2.24, 2.45) is 22.7 Å². The van der Waals surface area contributed by atoms with E-state index >= 15 is 0 Å². The predicted octanol–water partition coefficient (Wildman–Crippen LogP) is 3.26. The number of amides is 2. The summed E-state index contributed by atoms with van der Waals surface area (Å²) in [6, 6.07) is 9.10. The molecule has 1 heterocycles. The fourth-order valence-corrected chi connectivity index (χ4v) is 8.82. The number of nitrogens with zero attached hydrogens (tertiary/aromatic N) is 2. The highest BCUT2D eigenvalue weighted by atomic mass is 32.2. The molecule has 0 N–H and O–H groups in total. The molecular weight excluding hydrogens is 416 g/mol. The van der Waals surface area contributed by atoms with Gasteiger partial charge in [-0.25, -0.2) is 17.5 Å². The van der Waals surface area contributed by atoms with Crippen molar-refractivity contribution < 1.29 is 22.7 Å². The minimum Gasteiger partial charge on any atom is -0.445 e. The Hall–Kier alpha value is -2.09. The number of carbonyl (C=O) groups excluding carboxylic acids is 2. The molecule has 31 heavy (non-hydrogen) atoms. The van der Waals surface area contributed by atoms with Gasteiger partial charge in [-0.05, 0) is 36.2 Å². The largest absolute Gasteiger partial charge is 0.445 e. The van der Waals surface area contributed by atoms with Crippen LogP contribution in [0.1, 0.15) is 45.6 Å². The quantitative estimate of drug-likeness (QED) is 0.690. The summed E-state index contributed by atoms with van der Waals surface area (Å²) in [4.78, 5) is 27.0. The molecule has 3 aliphatic rings. The summed E-state index contributed by atoms with van der Waals surface area (Å²) in [5.41, 5.74) is 0.453. The van der Waals surface area contributed by atoms with Crippen molar-refractivity contribution in [2.75, 3.05) is 19.3 Å². The zero-order valence-electron chi connectivity index (χ0n) is 18.7. The van der Waals surface area contributed by atoms with Gasteiger partial charge in [0, 0.05) is 19.0 Å². The van der Waals surface area contributed by atoms with Crippen molar-refractivity contribution in [1.29, 1.82) is 0 Å². The maximum absolute atomic E-state index is 13.3. The lowest BCUT2D eigenvalue weighted by molar-refractivity contribution is -0.133. The average molecular weight is 449 g/mol. The lowest BCUT2D eigenvalue weighted by Gasteiger charge is -2.37. The van der Waals surface area contributed by atoms with Crippen LogP contribution < -0.4 is 0 Å². The van der Waals surface area contributed by atoms with Gasteiger partial charge in [-0.1, -0.05) is 51.1 Å². The van der Waals surface area contributed by atoms with Gasteiger partial charge < -0.3 is 9.64 Å². The number of rotatable bonds is 5. The van der Waals surface area contributed by atoms with E-state index in [1.165, 1.54) is 9.21 Å². The maximum atomic E-state index is 13.3. The molecule has 0 unspecified atom stereocenters. The molecule has 7 nitrogen and oxygen atoms in total. The molecule has 1 aromatic carbocycles. The summed E-state index contributed by atoms with van der Waals surface area (Å²) in [6.45, 7) is 6.25. The number of ether oxygens (including phenoxy) is 1. The SMILES string of the molecule is C[C@@H](CN(C)C(=O)OCc1ccccc1)C(=O)N1[C@@H]2C[C@H]3CC[C@]2(CS1(=O)=O)C3(C)C. The van der Waals surface area contributed by atoms with E-state index in [1.54, 1.807) is 14.0 Å². The zero-order chi connectivity index (χ0) is 22.6. The molecule has 2 saturated carbocycles. The molecular formula is C23H32N2O5S. The van der Waals surface area contributed by atoms with Crippen molar-refractivity contribution in [1.82, 2.24) is 9.21 Å². The molecule has 2 amide bonds. The third-order valence-electron chi connectivity index (χ3n) is 8.11. The van der Waals surface area contributed by atoms with Gasteiger partial charge in [-0.2, -0.15) is 0 Å². The summed E-state index contributed by atoms with van der Waals surface area (Å²) in [7, 11) is -2.09. The van der Waals surface area contributed by atoms with E-state index < -0.39 is 27.9 Å². The monoisotopic (exact) mass is 448 g/mol. The van der Waals surface area contributed by atoms with Crippen LogP contribution in [0.15, 0.2) is 30.3 Å². The Kier molecular flexibility index (Phi) is 5.35. The van der Waals surface area contributed by atoms with Crippen molar-refractivity contribution >= 4 is 22.0 Å². The molecule has 2 bridgehead atoms. The number of hydrogen-bond donors (Lipinski definition) is 0. The van der Waals surface area contributed by atoms with E-state index in [2.05, 4.69) is 13.8 Å². The minimum atomic E-state index is -3.66. The third-order valence-corrected chi connectivity index (χ3v) is 10.0. The van der Waals surface area contributed by atoms with Crippen LogP contribution in [0.3, 0.4) is 0 Å². The van der Waals surface area contributed by atoms with Crippen LogP contribution >= 0.6 is 0 Å². The molecule has 1 saturated heterocycles. The van der Waals surface area contributed by atoms with Crippen LogP contribution in [0.4, 0.5) is 4.79 Å². The van der Waals surface area contributed by atoms with Gasteiger partial charge in [-0.15, -0.1) is 0 Å². The summed E-state index contributed by atoms with van der Waals surface area (Å²) in [5, 5.41) is 0. The first-order valence-electron chi connectivity index (χ1n) is 11.0. The van der Waals surface area contributed by atoms with Gasteiger partial charge in [0.1, 0.15) is 6.61 Å². The van der Waals surface area contributed by atoms with Crippen LogP contribution in [0.25, 0.3) is 0 Å². The van der Waals surface area contributed by atoms with Crippen LogP contribution in [-0.4, -0.2) is 55.0 Å². The molecule has 1 aliphatic heterocycles. The third kappa shape index (κ3) is 3.43. The molecule has 0 radical (unpaired) electrons. The van der Waals surface area contributed by atoms with Crippen LogP contribution in [-0.2, 0) is 26.2 Å². The standard InChI is InChI=1S/C23H32N2O5S/c1-16(13-24(4)21(27)30-14-17-8-6-5-7-9-17)20(26)25-19-12-18-10-11-23(19,22(18,2)3)15-31(25,28)29/h5-9,16,18-19H,10-15H2,1-4H3/t16-,18+,19+,23+/m0/s1. The highest BCUT2D eigenvalue weighted by Gasteiger charge is 2.72. The Labute approximate surface area is 184 Å². The number of benzene rings is 1. The van der Waals surface area contributed by atoms with Gasteiger partial charge in [0.15, 0.2) is 0 Å². The molecule has 4 atom stereocenters. The van der Waals surface area contributed by atoms with Gasteiger partial charge in [0.05, 0.1) is 17.7 Å². The second kappa shape index (κ2) is 7.50. The normalized spacial score (nSPS) is 30.6. The van der Waals surface area contributed by atoms with Gasteiger partial charge in [-0.3, -0.25) is 4.79 Å². The number of fused-ring (bicyclic) bond motifs is 1. The fraction of sp³-hybridized carbons (Fsp3) is 0.652. The zero-order valence-corrected chi connectivity index (χ0v) is 19.5. The Morgan fingerprint density at radius 3 is 2.58 bits per heavy atom. The van der Waals surface area contributed by atoms with Gasteiger partial charge in [0.2, 0.25) is 15.9 Å². The summed E-state index contributed by atoms with van der Waals surface area (Å²) in [5.74, 6) is -0.537. The van der Waals surface area contributed by atoms with Crippen molar-refractivity contribution in [3.63, 3.8) is 0 Å². The second-order valence-corrected chi connectivity index (χ2v) is 11.9. The van der Waals surface area contributed by atoms with Crippen molar-refractivity contribution in [3.05, 3.63) is 35.9 Å². The maximum Gasteiger partial charge on any atom is 0.409 e. The minimum absolute atomic E-state index is 0.0571. The Balaban J connectivity index is 1.41. The molecule has 0 aromatic heterocycles. The first kappa shape index (κ1) is 22.1. The molecule has 170 valence electrons. The van der Waals surface area contributed by atoms with Gasteiger partial charge >= 0.3 is 6.09 Å². The van der Waals surface area contributed by atoms with E-state index in [4.69, 9.17) is 4.74 Å². The summed E-state index contributed by atoms with van der Waals surface area (Å²) in [6.07, 6.45) is 2.11. The lowest BCUT2D eigenvalue weighted by atomic mass is 9.69. The molecule has 4 rings (SSSR count). The smallest absolute Gasteiger partial charge is 0.409 e. The van der Waals surface area contributed by atoms with E-state index in [9.17, 15) is 18.0 Å². The number of carbonyl (C=O) groups is 2. The number of hydrogen-bond acceptors (Lipinski definition) is 5. The average Bonchev–Trinajstić information content (AvgIpc) is 3.20. The van der Waals surface area contributed by atoms with E-state index in [-0.39, 0.29) is 35.8 Å². The molecule has 1 aromatic rings.